The zero-order valence-electron chi connectivity index (χ0n) is 24.4. The van der Waals surface area contributed by atoms with Crippen LogP contribution in [0.4, 0.5) is 11.4 Å². The highest BCUT2D eigenvalue weighted by Crippen LogP contribution is 2.47. The second-order valence-corrected chi connectivity index (χ2v) is 11.1. The number of nitrogens with zero attached hydrogens (tertiary/aromatic N) is 3. The summed E-state index contributed by atoms with van der Waals surface area (Å²) in [7, 11) is 3.54. The Morgan fingerprint density at radius 2 is 1.71 bits per heavy atom. The monoisotopic (exact) mass is 659 g/mol. The maximum absolute atomic E-state index is 14.2. The number of rotatable bonds is 9. The van der Waals surface area contributed by atoms with Gasteiger partial charge in [-0.1, -0.05) is 42.8 Å². The van der Waals surface area contributed by atoms with Crippen molar-refractivity contribution in [3.05, 3.63) is 93.0 Å². The molecule has 13 nitrogen and oxygen atoms in total. The normalized spacial score (nSPS) is 15.7. The number of carboxylic acid groups (broad SMARTS) is 2. The maximum atomic E-state index is 14.2. The van der Waals surface area contributed by atoms with E-state index in [0.29, 0.717) is 18.8 Å². The Morgan fingerprint density at radius 1 is 1.07 bits per heavy atom. The number of halogens is 1. The Balaban J connectivity index is 0.000000838. The van der Waals surface area contributed by atoms with E-state index in [1.807, 2.05) is 50.4 Å². The lowest BCUT2D eigenvalue weighted by molar-refractivity contribution is -0.384. The van der Waals surface area contributed by atoms with Gasteiger partial charge in [-0.25, -0.2) is 14.4 Å². The fourth-order valence-corrected chi connectivity index (χ4v) is 5.72. The zero-order chi connectivity index (χ0) is 33.3. The predicted molar refractivity (Wildman–Crippen MR) is 166 cm³/mol. The van der Waals surface area contributed by atoms with Gasteiger partial charge in [0.15, 0.2) is 6.10 Å². The number of benzene rings is 3. The van der Waals surface area contributed by atoms with Crippen molar-refractivity contribution in [3.8, 4) is 5.75 Å². The highest BCUT2D eigenvalue weighted by atomic mass is 35.5. The van der Waals surface area contributed by atoms with Crippen molar-refractivity contribution < 1.29 is 43.8 Å². The van der Waals surface area contributed by atoms with Crippen LogP contribution in [0.15, 0.2) is 71.6 Å². The molecule has 0 saturated carbocycles. The number of anilines is 1. The lowest BCUT2D eigenvalue weighted by atomic mass is 10.0. The summed E-state index contributed by atoms with van der Waals surface area (Å²) in [4.78, 5) is 60.9. The average molecular weight is 660 g/mol. The first-order valence-electron chi connectivity index (χ1n) is 13.4. The number of esters is 1. The molecule has 1 amide bonds. The molecule has 3 aromatic carbocycles. The van der Waals surface area contributed by atoms with E-state index in [4.69, 9.17) is 40.9 Å². The van der Waals surface area contributed by atoms with Crippen molar-refractivity contribution >= 4 is 58.6 Å². The van der Waals surface area contributed by atoms with Crippen LogP contribution in [-0.2, 0) is 19.1 Å². The molecule has 0 saturated heterocycles. The van der Waals surface area contributed by atoms with Crippen LogP contribution in [0.25, 0.3) is 0 Å². The first kappa shape index (κ1) is 34.8. The molecule has 0 bridgehead atoms. The van der Waals surface area contributed by atoms with Crippen LogP contribution in [-0.4, -0.2) is 83.7 Å². The minimum atomic E-state index is -1.82. The van der Waals surface area contributed by atoms with Crippen molar-refractivity contribution in [3.63, 3.8) is 0 Å². The SMILES string of the molecule is CCN(C)CCN1C(=O)[C@H](OC(=O)c2ccc([N+](=O)[O-])cc2Cl)[C@H](c2ccc(OC)cc2)Sc2ccccc21.O=C(O)C(=O)O. The molecule has 0 unspecified atom stereocenters. The maximum Gasteiger partial charge on any atom is 0.414 e. The molecule has 2 atom stereocenters. The quantitative estimate of drug-likeness (QED) is 0.139. The largest absolute Gasteiger partial charge is 0.497 e. The number of likely N-dealkylation sites (N-methyl/N-ethyl adjacent to an activating group) is 1. The van der Waals surface area contributed by atoms with E-state index < -0.39 is 34.2 Å². The molecular weight excluding hydrogens is 630 g/mol. The number of carbonyl (C=O) groups excluding carboxylic acids is 2. The molecule has 1 heterocycles. The molecule has 0 aromatic heterocycles. The van der Waals surface area contributed by atoms with E-state index in [2.05, 4.69) is 4.90 Å². The molecule has 0 spiro atoms. The number of ether oxygens (including phenoxy) is 2. The fraction of sp³-hybridized carbons (Fsp3) is 0.267. The summed E-state index contributed by atoms with van der Waals surface area (Å²) in [6, 6.07) is 18.4. The number of nitro benzene ring substituents is 1. The Kier molecular flexibility index (Phi) is 12.3. The Labute approximate surface area is 267 Å². The van der Waals surface area contributed by atoms with Gasteiger partial charge in [-0.05, 0) is 49.5 Å². The van der Waals surface area contributed by atoms with Gasteiger partial charge in [0, 0.05) is 30.1 Å². The smallest absolute Gasteiger partial charge is 0.414 e. The van der Waals surface area contributed by atoms with Gasteiger partial charge in [-0.15, -0.1) is 11.8 Å². The summed E-state index contributed by atoms with van der Waals surface area (Å²) in [6.45, 7) is 3.85. The van der Waals surface area contributed by atoms with Crippen LogP contribution in [0, 0.1) is 10.1 Å². The number of carbonyl (C=O) groups is 4. The van der Waals surface area contributed by atoms with Gasteiger partial charge >= 0.3 is 17.9 Å². The number of non-ortho nitro benzene ring substituents is 1. The number of hydrogen-bond acceptors (Lipinski definition) is 10. The van der Waals surface area contributed by atoms with E-state index in [1.54, 1.807) is 24.1 Å². The number of thioether (sulfide) groups is 1. The Hall–Kier alpha value is -4.66. The Bertz CT molecular complexity index is 1560. The second-order valence-electron chi connectivity index (χ2n) is 9.52. The topological polar surface area (TPSA) is 177 Å². The highest BCUT2D eigenvalue weighted by molar-refractivity contribution is 7.99. The summed E-state index contributed by atoms with van der Waals surface area (Å²) in [6.07, 6.45) is -1.21. The number of para-hydroxylation sites is 1. The standard InChI is InChI=1S/C28H28ClN3O6S.C2H2O4/c1-4-30(2)15-16-31-23-7-5-6-8-24(23)39-26(18-9-12-20(37-3)13-10-18)25(27(31)33)38-28(34)21-14-11-19(32(35)36)17-22(21)29;3-1(4)2(5)6/h5-14,17,25-26H,4,15-16H2,1-3H3;(H,3,4)(H,5,6)/t25-,26+;/m1./s1. The molecule has 1 aliphatic rings. The van der Waals surface area contributed by atoms with Crippen LogP contribution >= 0.6 is 23.4 Å². The number of aliphatic carboxylic acids is 2. The third kappa shape index (κ3) is 8.94. The van der Waals surface area contributed by atoms with E-state index in [1.165, 1.54) is 23.9 Å². The van der Waals surface area contributed by atoms with Gasteiger partial charge in [-0.2, -0.15) is 0 Å². The Morgan fingerprint density at radius 3 is 2.27 bits per heavy atom. The number of amides is 1. The molecule has 4 rings (SSSR count). The highest BCUT2D eigenvalue weighted by Gasteiger charge is 2.41. The van der Waals surface area contributed by atoms with Crippen molar-refractivity contribution in [1.29, 1.82) is 0 Å². The molecule has 3 aromatic rings. The number of nitro groups is 1. The van der Waals surface area contributed by atoms with Crippen molar-refractivity contribution in [2.24, 2.45) is 0 Å². The van der Waals surface area contributed by atoms with E-state index in [-0.39, 0.29) is 22.2 Å². The summed E-state index contributed by atoms with van der Waals surface area (Å²) >= 11 is 7.65. The fourth-order valence-electron chi connectivity index (χ4n) is 4.15. The van der Waals surface area contributed by atoms with Gasteiger partial charge < -0.3 is 29.5 Å². The third-order valence-electron chi connectivity index (χ3n) is 6.68. The minimum absolute atomic E-state index is 0.0624. The number of methoxy groups -OCH3 is 1. The van der Waals surface area contributed by atoms with Crippen molar-refractivity contribution in [2.75, 3.05) is 38.7 Å². The van der Waals surface area contributed by atoms with Gasteiger partial charge in [-0.3, -0.25) is 14.9 Å². The van der Waals surface area contributed by atoms with E-state index in [0.717, 1.165) is 28.8 Å². The lowest BCUT2D eigenvalue weighted by Crippen LogP contribution is -2.45. The van der Waals surface area contributed by atoms with Gasteiger partial charge in [0.2, 0.25) is 0 Å². The summed E-state index contributed by atoms with van der Waals surface area (Å²) in [5.41, 5.74) is 1.19. The van der Waals surface area contributed by atoms with Crippen LogP contribution in [0.5, 0.6) is 5.75 Å². The van der Waals surface area contributed by atoms with Crippen LogP contribution in [0.1, 0.15) is 28.1 Å². The van der Waals surface area contributed by atoms with Crippen molar-refractivity contribution in [1.82, 2.24) is 4.90 Å². The first-order chi connectivity index (χ1) is 21.4. The molecule has 15 heteroatoms. The number of carboxylic acids is 2. The summed E-state index contributed by atoms with van der Waals surface area (Å²) < 4.78 is 11.2. The molecule has 238 valence electrons. The van der Waals surface area contributed by atoms with E-state index >= 15 is 0 Å². The van der Waals surface area contributed by atoms with Crippen LogP contribution < -0.4 is 9.64 Å². The molecule has 2 N–H and O–H groups in total. The summed E-state index contributed by atoms with van der Waals surface area (Å²) in [5.74, 6) is -4.21. The van der Waals surface area contributed by atoms with Crippen LogP contribution in [0.2, 0.25) is 5.02 Å². The summed E-state index contributed by atoms with van der Waals surface area (Å²) in [5, 5.41) is 25.2. The van der Waals surface area contributed by atoms with E-state index in [9.17, 15) is 19.7 Å². The van der Waals surface area contributed by atoms with Crippen LogP contribution in [0.3, 0.4) is 0 Å². The molecule has 0 radical (unpaired) electrons. The average Bonchev–Trinajstić information content (AvgIpc) is 3.13. The minimum Gasteiger partial charge on any atom is -0.497 e. The van der Waals surface area contributed by atoms with Gasteiger partial charge in [0.25, 0.3) is 11.6 Å². The van der Waals surface area contributed by atoms with Crippen molar-refractivity contribution in [2.45, 2.75) is 23.2 Å². The molecular formula is C30H30ClN3O10S. The van der Waals surface area contributed by atoms with Gasteiger partial charge in [0.05, 0.1) is 33.6 Å². The van der Waals surface area contributed by atoms with Gasteiger partial charge in [0.1, 0.15) is 5.75 Å². The number of hydrogen-bond donors (Lipinski definition) is 2. The predicted octanol–water partition coefficient (Wildman–Crippen LogP) is 4.77. The number of fused-ring (bicyclic) bond motifs is 1. The lowest BCUT2D eigenvalue weighted by Gasteiger charge is -2.29. The molecule has 0 aliphatic carbocycles. The molecule has 1 aliphatic heterocycles. The zero-order valence-corrected chi connectivity index (χ0v) is 26.0. The second kappa shape index (κ2) is 15.9. The molecule has 0 fully saturated rings. The first-order valence-corrected chi connectivity index (χ1v) is 14.6. The third-order valence-corrected chi connectivity index (χ3v) is 8.37. The molecule has 45 heavy (non-hydrogen) atoms.